The van der Waals surface area contributed by atoms with E-state index in [1.807, 2.05) is 56.3 Å². The Labute approximate surface area is 213 Å². The molecule has 0 aliphatic carbocycles. The van der Waals surface area contributed by atoms with Crippen LogP contribution in [0.5, 0.6) is 0 Å². The van der Waals surface area contributed by atoms with Gasteiger partial charge in [0.1, 0.15) is 12.4 Å². The predicted octanol–water partition coefficient (Wildman–Crippen LogP) is 6.12. The Morgan fingerprint density at radius 3 is 2.23 bits per heavy atom. The van der Waals surface area contributed by atoms with Crippen molar-refractivity contribution in [1.82, 2.24) is 14.7 Å². The van der Waals surface area contributed by atoms with Gasteiger partial charge in [0.05, 0.1) is 11.4 Å². The van der Waals surface area contributed by atoms with E-state index in [-0.39, 0.29) is 29.7 Å². The smallest absolute Gasteiger partial charge is 0.254 e. The summed E-state index contributed by atoms with van der Waals surface area (Å²) in [7, 11) is 0. The van der Waals surface area contributed by atoms with Crippen molar-refractivity contribution in [2.75, 3.05) is 18.4 Å². The molecule has 0 saturated carbocycles. The molecule has 3 rings (SSSR count). The van der Waals surface area contributed by atoms with Gasteiger partial charge in [-0.3, -0.25) is 9.59 Å². The third kappa shape index (κ3) is 6.95. The fourth-order valence-corrected chi connectivity index (χ4v) is 3.82. The Kier molecular flexibility index (Phi) is 8.39. The fourth-order valence-electron chi connectivity index (χ4n) is 3.70. The molecular formula is C28H35ClN4O2. The lowest BCUT2D eigenvalue weighted by Gasteiger charge is -2.24. The number of nitrogens with zero attached hydrogens (tertiary/aromatic N) is 3. The Bertz CT molecular complexity index is 1160. The van der Waals surface area contributed by atoms with Crippen molar-refractivity contribution in [1.29, 1.82) is 0 Å². The number of anilines is 1. The summed E-state index contributed by atoms with van der Waals surface area (Å²) < 4.78 is 1.70. The number of amides is 2. The Morgan fingerprint density at radius 2 is 1.69 bits per heavy atom. The summed E-state index contributed by atoms with van der Waals surface area (Å²) in [6, 6.07) is 16.7. The van der Waals surface area contributed by atoms with E-state index in [1.54, 1.807) is 21.7 Å². The molecule has 0 aliphatic rings. The van der Waals surface area contributed by atoms with Crippen molar-refractivity contribution >= 4 is 29.2 Å². The topological polar surface area (TPSA) is 67.2 Å². The quantitative estimate of drug-likeness (QED) is 0.410. The van der Waals surface area contributed by atoms with Gasteiger partial charge in [-0.25, -0.2) is 4.68 Å². The Morgan fingerprint density at radius 1 is 1.06 bits per heavy atom. The van der Waals surface area contributed by atoms with Crippen LogP contribution in [0.2, 0.25) is 5.02 Å². The van der Waals surface area contributed by atoms with Gasteiger partial charge in [-0.1, -0.05) is 65.3 Å². The average molecular weight is 495 g/mol. The molecule has 1 aromatic heterocycles. The van der Waals surface area contributed by atoms with Crippen LogP contribution in [-0.2, 0) is 16.6 Å². The van der Waals surface area contributed by atoms with Crippen molar-refractivity contribution in [3.8, 4) is 5.69 Å². The number of hydrogen-bond acceptors (Lipinski definition) is 3. The number of rotatable bonds is 8. The molecule has 186 valence electrons. The first-order valence-electron chi connectivity index (χ1n) is 12.0. The van der Waals surface area contributed by atoms with E-state index in [0.29, 0.717) is 22.9 Å². The van der Waals surface area contributed by atoms with Gasteiger partial charge in [-0.2, -0.15) is 5.10 Å². The number of nitrogens with one attached hydrogen (secondary N) is 1. The van der Waals surface area contributed by atoms with Gasteiger partial charge < -0.3 is 10.2 Å². The zero-order chi connectivity index (χ0) is 25.8. The molecule has 0 unspecified atom stereocenters. The third-order valence-corrected chi connectivity index (χ3v) is 5.88. The first-order valence-corrected chi connectivity index (χ1v) is 12.4. The normalized spacial score (nSPS) is 11.5. The van der Waals surface area contributed by atoms with Gasteiger partial charge >= 0.3 is 0 Å². The highest BCUT2D eigenvalue weighted by atomic mass is 35.5. The van der Waals surface area contributed by atoms with E-state index in [9.17, 15) is 9.59 Å². The molecule has 7 heteroatoms. The molecule has 1 heterocycles. The van der Waals surface area contributed by atoms with Crippen molar-refractivity contribution in [2.24, 2.45) is 5.92 Å². The molecule has 6 nitrogen and oxygen atoms in total. The van der Waals surface area contributed by atoms with Gasteiger partial charge in [0.15, 0.2) is 0 Å². The molecule has 0 bridgehead atoms. The summed E-state index contributed by atoms with van der Waals surface area (Å²) in [6.45, 7) is 12.8. The summed E-state index contributed by atoms with van der Waals surface area (Å²) in [5.41, 5.74) is 3.17. The van der Waals surface area contributed by atoms with Crippen molar-refractivity contribution in [3.63, 3.8) is 0 Å². The minimum atomic E-state index is -0.278. The minimum absolute atomic E-state index is 0.0524. The maximum atomic E-state index is 13.2. The summed E-state index contributed by atoms with van der Waals surface area (Å²) in [5, 5.41) is 8.34. The molecule has 3 aromatic rings. The lowest BCUT2D eigenvalue weighted by atomic mass is 9.92. The second-order valence-corrected chi connectivity index (χ2v) is 10.7. The Hall–Kier alpha value is -3.12. The van der Waals surface area contributed by atoms with Crippen LogP contribution in [0.15, 0.2) is 54.6 Å². The van der Waals surface area contributed by atoms with Crippen LogP contribution in [0.3, 0.4) is 0 Å². The number of aromatic nitrogens is 2. The second kappa shape index (κ2) is 11.1. The van der Waals surface area contributed by atoms with E-state index >= 15 is 0 Å². The van der Waals surface area contributed by atoms with E-state index in [4.69, 9.17) is 16.7 Å². The number of carbonyl (C=O) groups excluding carboxylic acids is 2. The number of hydrogen-bond donors (Lipinski definition) is 1. The van der Waals surface area contributed by atoms with Gasteiger partial charge in [0.2, 0.25) is 5.91 Å². The SMILES string of the molecule is CCc1ccc(C(=O)N(CC(=O)Nc2cc(C(C)(C)C)nn2-c2ccc(Cl)cc2)CC(C)C)cc1. The maximum absolute atomic E-state index is 13.2. The minimum Gasteiger partial charge on any atom is -0.329 e. The van der Waals surface area contributed by atoms with Crippen molar-refractivity contribution in [2.45, 2.75) is 53.4 Å². The third-order valence-electron chi connectivity index (χ3n) is 5.63. The standard InChI is InChI=1S/C28H35ClN4O2/c1-7-20-8-10-21(11-9-20)27(35)32(17-19(2)3)18-26(34)30-25-16-24(28(4,5)6)31-33(25)23-14-12-22(29)13-15-23/h8-16,19H,7,17-18H2,1-6H3,(H,30,34). The molecule has 0 radical (unpaired) electrons. The lowest BCUT2D eigenvalue weighted by Crippen LogP contribution is -2.40. The van der Waals surface area contributed by atoms with Crippen molar-refractivity contribution in [3.05, 3.63) is 76.4 Å². The van der Waals surface area contributed by atoms with E-state index < -0.39 is 0 Å². The fraction of sp³-hybridized carbons (Fsp3) is 0.393. The largest absolute Gasteiger partial charge is 0.329 e. The van der Waals surface area contributed by atoms with E-state index in [1.165, 1.54) is 5.56 Å². The van der Waals surface area contributed by atoms with Gasteiger partial charge in [0.25, 0.3) is 5.91 Å². The van der Waals surface area contributed by atoms with Gasteiger partial charge in [0, 0.05) is 28.6 Å². The number of halogens is 1. The predicted molar refractivity (Wildman–Crippen MR) is 142 cm³/mol. The highest BCUT2D eigenvalue weighted by Gasteiger charge is 2.24. The van der Waals surface area contributed by atoms with Crippen LogP contribution < -0.4 is 5.32 Å². The first-order chi connectivity index (χ1) is 16.5. The summed E-state index contributed by atoms with van der Waals surface area (Å²) in [6.07, 6.45) is 0.907. The highest BCUT2D eigenvalue weighted by Crippen LogP contribution is 2.27. The van der Waals surface area contributed by atoms with E-state index in [2.05, 4.69) is 33.0 Å². The number of carbonyl (C=O) groups is 2. The molecule has 0 atom stereocenters. The maximum Gasteiger partial charge on any atom is 0.254 e. The van der Waals surface area contributed by atoms with Crippen LogP contribution in [0, 0.1) is 5.92 Å². The lowest BCUT2D eigenvalue weighted by molar-refractivity contribution is -0.117. The van der Waals surface area contributed by atoms with Crippen LogP contribution in [-0.4, -0.2) is 39.6 Å². The monoisotopic (exact) mass is 494 g/mol. The summed E-state index contributed by atoms with van der Waals surface area (Å²) >= 11 is 6.06. The number of aryl methyl sites for hydroxylation is 1. The molecule has 2 aromatic carbocycles. The molecule has 1 N–H and O–H groups in total. The molecule has 0 spiro atoms. The van der Waals surface area contributed by atoms with Crippen LogP contribution in [0.1, 0.15) is 63.2 Å². The number of benzene rings is 2. The van der Waals surface area contributed by atoms with Gasteiger partial charge in [-0.05, 0) is 54.3 Å². The zero-order valence-electron chi connectivity index (χ0n) is 21.4. The Balaban J connectivity index is 1.85. The first kappa shape index (κ1) is 26.5. The summed E-state index contributed by atoms with van der Waals surface area (Å²) in [5.74, 6) is 0.332. The van der Waals surface area contributed by atoms with Gasteiger partial charge in [-0.15, -0.1) is 0 Å². The molecular weight excluding hydrogens is 460 g/mol. The average Bonchev–Trinajstić information content (AvgIpc) is 3.22. The van der Waals surface area contributed by atoms with Crippen LogP contribution >= 0.6 is 11.6 Å². The molecule has 0 saturated heterocycles. The van der Waals surface area contributed by atoms with Crippen LogP contribution in [0.4, 0.5) is 5.82 Å². The summed E-state index contributed by atoms with van der Waals surface area (Å²) in [4.78, 5) is 28.0. The van der Waals surface area contributed by atoms with Crippen molar-refractivity contribution < 1.29 is 9.59 Å². The molecule has 35 heavy (non-hydrogen) atoms. The molecule has 2 amide bonds. The highest BCUT2D eigenvalue weighted by molar-refractivity contribution is 6.30. The van der Waals surface area contributed by atoms with E-state index in [0.717, 1.165) is 17.8 Å². The second-order valence-electron chi connectivity index (χ2n) is 10.2. The zero-order valence-corrected chi connectivity index (χ0v) is 22.2. The molecule has 0 fully saturated rings. The molecule has 0 aliphatic heterocycles. The van der Waals surface area contributed by atoms with Crippen LogP contribution in [0.25, 0.3) is 5.69 Å².